The summed E-state index contributed by atoms with van der Waals surface area (Å²) in [5.74, 6) is 1.17. The molecule has 4 heteroatoms. The van der Waals surface area contributed by atoms with E-state index in [0.717, 1.165) is 6.54 Å². The Morgan fingerprint density at radius 1 is 1.69 bits per heavy atom. The Labute approximate surface area is 87.1 Å². The van der Waals surface area contributed by atoms with Gasteiger partial charge in [0.05, 0.1) is 0 Å². The van der Waals surface area contributed by atoms with Crippen molar-refractivity contribution in [2.45, 2.75) is 19.8 Å². The van der Waals surface area contributed by atoms with Crippen LogP contribution in [-0.4, -0.2) is 11.5 Å². The molecule has 2 rings (SSSR count). The molecule has 2 nitrogen and oxygen atoms in total. The molecule has 1 aliphatic rings. The maximum absolute atomic E-state index is 5.79. The van der Waals surface area contributed by atoms with E-state index in [9.17, 15) is 0 Å². The Balaban J connectivity index is 2.21. The Bertz CT molecular complexity index is 321. The van der Waals surface area contributed by atoms with Gasteiger partial charge in [-0.3, -0.25) is 0 Å². The fourth-order valence-electron chi connectivity index (χ4n) is 2.16. The summed E-state index contributed by atoms with van der Waals surface area (Å²) in [5.41, 5.74) is 6.03. The Hall–Kier alpha value is -0.120. The lowest BCUT2D eigenvalue weighted by molar-refractivity contribution is 0.559. The van der Waals surface area contributed by atoms with Gasteiger partial charge in [-0.2, -0.15) is 0 Å². The fraction of sp³-hybridized carbons (Fsp3) is 0.667. The molecular weight excluding hydrogens is 204 g/mol. The third-order valence-corrected chi connectivity index (χ3v) is 4.30. The number of nitrogens with two attached hydrogens (primary N) is 1. The highest BCUT2D eigenvalue weighted by Gasteiger charge is 2.57. The minimum atomic E-state index is 0.338. The second kappa shape index (κ2) is 2.94. The van der Waals surface area contributed by atoms with Crippen molar-refractivity contribution in [3.63, 3.8) is 0 Å². The van der Waals surface area contributed by atoms with Crippen molar-refractivity contribution in [3.05, 3.63) is 15.5 Å². The van der Waals surface area contributed by atoms with Crippen LogP contribution in [0.25, 0.3) is 0 Å². The molecule has 2 N–H and O–H groups in total. The van der Waals surface area contributed by atoms with Crippen molar-refractivity contribution >= 4 is 22.9 Å². The van der Waals surface area contributed by atoms with Crippen LogP contribution in [0.15, 0.2) is 6.20 Å². The zero-order chi connectivity index (χ0) is 9.64. The van der Waals surface area contributed by atoms with E-state index in [2.05, 4.69) is 18.8 Å². The first-order valence-electron chi connectivity index (χ1n) is 4.38. The maximum Gasteiger partial charge on any atom is 0.183 e. The first-order chi connectivity index (χ1) is 6.07. The smallest absolute Gasteiger partial charge is 0.183 e. The minimum Gasteiger partial charge on any atom is -0.330 e. The van der Waals surface area contributed by atoms with Crippen LogP contribution in [0, 0.1) is 11.3 Å². The SMILES string of the molecule is CC1(C)[C@@H](CN)[C@@H]1c1cnc(Cl)s1. The summed E-state index contributed by atoms with van der Waals surface area (Å²) in [7, 11) is 0. The Morgan fingerprint density at radius 3 is 2.77 bits per heavy atom. The van der Waals surface area contributed by atoms with Crippen molar-refractivity contribution in [3.8, 4) is 0 Å². The van der Waals surface area contributed by atoms with Crippen molar-refractivity contribution in [2.24, 2.45) is 17.1 Å². The van der Waals surface area contributed by atoms with E-state index in [-0.39, 0.29) is 0 Å². The average Bonchev–Trinajstić information content (AvgIpc) is 2.41. The van der Waals surface area contributed by atoms with Crippen LogP contribution in [0.1, 0.15) is 24.6 Å². The molecule has 1 aliphatic carbocycles. The number of hydrogen-bond donors (Lipinski definition) is 1. The van der Waals surface area contributed by atoms with Crippen LogP contribution in [0.2, 0.25) is 4.47 Å². The van der Waals surface area contributed by atoms with Gasteiger partial charge < -0.3 is 5.73 Å². The van der Waals surface area contributed by atoms with Gasteiger partial charge in [0.15, 0.2) is 4.47 Å². The fourth-order valence-corrected chi connectivity index (χ4v) is 3.47. The van der Waals surface area contributed by atoms with Gasteiger partial charge in [0.2, 0.25) is 0 Å². The predicted octanol–water partition coefficient (Wildman–Crippen LogP) is 2.49. The lowest BCUT2D eigenvalue weighted by Gasteiger charge is -1.98. The molecule has 1 heterocycles. The van der Waals surface area contributed by atoms with Crippen LogP contribution >= 0.6 is 22.9 Å². The highest BCUT2D eigenvalue weighted by atomic mass is 35.5. The zero-order valence-corrected chi connectivity index (χ0v) is 9.32. The zero-order valence-electron chi connectivity index (χ0n) is 7.75. The second-order valence-electron chi connectivity index (χ2n) is 4.16. The molecule has 1 aromatic heterocycles. The molecule has 0 aliphatic heterocycles. The number of hydrogen-bond acceptors (Lipinski definition) is 3. The first kappa shape index (κ1) is 9.44. The quantitative estimate of drug-likeness (QED) is 0.825. The van der Waals surface area contributed by atoms with E-state index in [0.29, 0.717) is 21.7 Å². The monoisotopic (exact) mass is 216 g/mol. The predicted molar refractivity (Wildman–Crippen MR) is 56.2 cm³/mol. The third kappa shape index (κ3) is 1.39. The molecule has 0 saturated heterocycles. The Kier molecular flexibility index (Phi) is 2.13. The van der Waals surface area contributed by atoms with E-state index >= 15 is 0 Å². The van der Waals surface area contributed by atoms with Gasteiger partial charge in [-0.15, -0.1) is 11.3 Å². The molecule has 1 aromatic rings. The van der Waals surface area contributed by atoms with Gasteiger partial charge in [-0.05, 0) is 17.9 Å². The molecule has 1 saturated carbocycles. The molecule has 1 fully saturated rings. The van der Waals surface area contributed by atoms with Gasteiger partial charge in [0.1, 0.15) is 0 Å². The van der Waals surface area contributed by atoms with Crippen LogP contribution < -0.4 is 5.73 Å². The molecular formula is C9H13ClN2S. The minimum absolute atomic E-state index is 0.338. The molecule has 13 heavy (non-hydrogen) atoms. The van der Waals surface area contributed by atoms with Gasteiger partial charge in [-0.1, -0.05) is 25.4 Å². The van der Waals surface area contributed by atoms with Crippen molar-refractivity contribution in [1.82, 2.24) is 4.98 Å². The number of thiazole rings is 1. The highest BCUT2D eigenvalue weighted by molar-refractivity contribution is 7.15. The second-order valence-corrected chi connectivity index (χ2v) is 5.80. The first-order valence-corrected chi connectivity index (χ1v) is 5.58. The summed E-state index contributed by atoms with van der Waals surface area (Å²) < 4.78 is 0.633. The molecule has 2 atom stereocenters. The van der Waals surface area contributed by atoms with E-state index in [4.69, 9.17) is 17.3 Å². The Morgan fingerprint density at radius 2 is 2.38 bits per heavy atom. The topological polar surface area (TPSA) is 38.9 Å². The van der Waals surface area contributed by atoms with Crippen LogP contribution in [-0.2, 0) is 0 Å². The molecule has 0 bridgehead atoms. The summed E-state index contributed by atoms with van der Waals surface area (Å²) in [4.78, 5) is 5.34. The molecule has 0 spiro atoms. The largest absolute Gasteiger partial charge is 0.330 e. The molecule has 0 amide bonds. The third-order valence-electron chi connectivity index (χ3n) is 3.11. The number of aromatic nitrogens is 1. The van der Waals surface area contributed by atoms with E-state index in [1.807, 2.05) is 6.20 Å². The van der Waals surface area contributed by atoms with Gasteiger partial charge in [0.25, 0.3) is 0 Å². The van der Waals surface area contributed by atoms with E-state index in [1.54, 1.807) is 11.3 Å². The average molecular weight is 217 g/mol. The van der Waals surface area contributed by atoms with Crippen molar-refractivity contribution < 1.29 is 0 Å². The molecule has 72 valence electrons. The number of nitrogens with zero attached hydrogens (tertiary/aromatic N) is 1. The van der Waals surface area contributed by atoms with Crippen LogP contribution in [0.5, 0.6) is 0 Å². The standard InChI is InChI=1S/C9H13ClN2S/c1-9(2)5(3-11)7(9)6-4-12-8(10)13-6/h4-5,7H,3,11H2,1-2H3/t5-,7+/m0/s1. The number of halogens is 1. The van der Waals surface area contributed by atoms with E-state index < -0.39 is 0 Å². The van der Waals surface area contributed by atoms with Crippen molar-refractivity contribution in [1.29, 1.82) is 0 Å². The maximum atomic E-state index is 5.79. The summed E-state index contributed by atoms with van der Waals surface area (Å²) in [6.45, 7) is 5.26. The summed E-state index contributed by atoms with van der Waals surface area (Å²) >= 11 is 7.37. The van der Waals surface area contributed by atoms with Gasteiger partial charge >= 0.3 is 0 Å². The van der Waals surface area contributed by atoms with Crippen LogP contribution in [0.3, 0.4) is 0 Å². The summed E-state index contributed by atoms with van der Waals surface area (Å²) in [6, 6.07) is 0. The van der Waals surface area contributed by atoms with Gasteiger partial charge in [-0.25, -0.2) is 4.98 Å². The molecule has 0 radical (unpaired) electrons. The summed E-state index contributed by atoms with van der Waals surface area (Å²) in [5, 5.41) is 0. The van der Waals surface area contributed by atoms with Crippen molar-refractivity contribution in [2.75, 3.05) is 6.54 Å². The lowest BCUT2D eigenvalue weighted by Crippen LogP contribution is -2.05. The highest BCUT2D eigenvalue weighted by Crippen LogP contribution is 2.64. The molecule has 0 aromatic carbocycles. The lowest BCUT2D eigenvalue weighted by atomic mass is 10.1. The number of rotatable bonds is 2. The molecule has 0 unspecified atom stereocenters. The van der Waals surface area contributed by atoms with E-state index in [1.165, 1.54) is 4.88 Å². The van der Waals surface area contributed by atoms with Gasteiger partial charge in [0, 0.05) is 17.0 Å². The summed E-state index contributed by atoms with van der Waals surface area (Å²) in [6.07, 6.45) is 1.88. The normalized spacial score (nSPS) is 30.5. The van der Waals surface area contributed by atoms with Crippen LogP contribution in [0.4, 0.5) is 0 Å².